The molecule has 2 rings (SSSR count). The quantitative estimate of drug-likeness (QED) is 0.891. The van der Waals surface area contributed by atoms with Gasteiger partial charge in [0, 0.05) is 7.05 Å². The number of nitrogens with zero attached hydrogens (tertiary/aromatic N) is 2. The highest BCUT2D eigenvalue weighted by molar-refractivity contribution is 6.31. The molecule has 0 aliphatic rings. The van der Waals surface area contributed by atoms with Gasteiger partial charge in [-0.2, -0.15) is 5.10 Å². The van der Waals surface area contributed by atoms with Gasteiger partial charge in [0.15, 0.2) is 11.5 Å². The van der Waals surface area contributed by atoms with Crippen LogP contribution in [0, 0.1) is 0 Å². The number of hydrogen-bond acceptors (Lipinski definition) is 4. The monoisotopic (exact) mass is 310 g/mol. The summed E-state index contributed by atoms with van der Waals surface area (Å²) in [5, 5.41) is 15.0. The molecule has 1 unspecified atom stereocenters. The average molecular weight is 311 g/mol. The van der Waals surface area contributed by atoms with Crippen LogP contribution in [0.3, 0.4) is 0 Å². The van der Waals surface area contributed by atoms with Crippen LogP contribution >= 0.6 is 11.6 Å². The predicted octanol–water partition coefficient (Wildman–Crippen LogP) is 2.95. The minimum Gasteiger partial charge on any atom is -0.490 e. The molecule has 1 N–H and O–H groups in total. The number of aryl methyl sites for hydroxylation is 1. The summed E-state index contributed by atoms with van der Waals surface area (Å²) >= 11 is 6.07. The Kier molecular flexibility index (Phi) is 5.09. The first kappa shape index (κ1) is 15.7. The van der Waals surface area contributed by atoms with Gasteiger partial charge >= 0.3 is 0 Å². The molecule has 5 nitrogen and oxygen atoms in total. The fourth-order valence-electron chi connectivity index (χ4n) is 2.12. The lowest BCUT2D eigenvalue weighted by molar-refractivity contribution is 0.208. The van der Waals surface area contributed by atoms with Crippen LogP contribution in [0.15, 0.2) is 24.4 Å². The van der Waals surface area contributed by atoms with Gasteiger partial charge in [0.2, 0.25) is 0 Å². The molecular formula is C15H19ClN2O3. The van der Waals surface area contributed by atoms with Crippen molar-refractivity contribution in [2.24, 2.45) is 7.05 Å². The number of ether oxygens (including phenoxy) is 2. The molecule has 114 valence electrons. The van der Waals surface area contributed by atoms with E-state index in [2.05, 4.69) is 5.10 Å². The van der Waals surface area contributed by atoms with Crippen molar-refractivity contribution in [1.29, 1.82) is 0 Å². The number of aromatic nitrogens is 2. The molecule has 1 heterocycles. The van der Waals surface area contributed by atoms with E-state index in [-0.39, 0.29) is 0 Å². The van der Waals surface area contributed by atoms with Crippen LogP contribution in [0.25, 0.3) is 0 Å². The Labute approximate surface area is 129 Å². The molecule has 21 heavy (non-hydrogen) atoms. The molecule has 0 bridgehead atoms. The van der Waals surface area contributed by atoms with E-state index in [0.29, 0.717) is 41.0 Å². The maximum atomic E-state index is 10.5. The zero-order chi connectivity index (χ0) is 15.4. The van der Waals surface area contributed by atoms with E-state index >= 15 is 0 Å². The molecule has 0 fully saturated rings. The largest absolute Gasteiger partial charge is 0.490 e. The Morgan fingerprint density at radius 1 is 1.24 bits per heavy atom. The fourth-order valence-corrected chi connectivity index (χ4v) is 2.39. The molecule has 0 spiro atoms. The van der Waals surface area contributed by atoms with Crippen molar-refractivity contribution < 1.29 is 14.6 Å². The third-order valence-electron chi connectivity index (χ3n) is 3.08. The van der Waals surface area contributed by atoms with E-state index in [1.165, 1.54) is 6.20 Å². The second-order valence-corrected chi connectivity index (χ2v) is 4.88. The van der Waals surface area contributed by atoms with Crippen LogP contribution in [0.4, 0.5) is 0 Å². The maximum Gasteiger partial charge on any atom is 0.161 e. The van der Waals surface area contributed by atoms with Gasteiger partial charge in [0.25, 0.3) is 0 Å². The van der Waals surface area contributed by atoms with Crippen molar-refractivity contribution in [2.45, 2.75) is 20.0 Å². The minimum atomic E-state index is -0.875. The number of rotatable bonds is 6. The Morgan fingerprint density at radius 2 is 1.90 bits per heavy atom. The molecule has 0 aliphatic carbocycles. The summed E-state index contributed by atoms with van der Waals surface area (Å²) in [5.74, 6) is 1.26. The third kappa shape index (κ3) is 3.31. The van der Waals surface area contributed by atoms with Crippen molar-refractivity contribution in [3.63, 3.8) is 0 Å². The zero-order valence-corrected chi connectivity index (χ0v) is 13.1. The average Bonchev–Trinajstić information content (AvgIpc) is 2.80. The zero-order valence-electron chi connectivity index (χ0n) is 12.3. The van der Waals surface area contributed by atoms with Crippen molar-refractivity contribution in [1.82, 2.24) is 9.78 Å². The third-order valence-corrected chi connectivity index (χ3v) is 3.37. The molecule has 0 amide bonds. The van der Waals surface area contributed by atoms with Crippen LogP contribution in [-0.4, -0.2) is 28.1 Å². The van der Waals surface area contributed by atoms with Crippen molar-refractivity contribution in [3.05, 3.63) is 40.7 Å². The fraction of sp³-hybridized carbons (Fsp3) is 0.400. The van der Waals surface area contributed by atoms with Crippen LogP contribution in [0.2, 0.25) is 5.02 Å². The Bertz CT molecular complexity index is 593. The lowest BCUT2D eigenvalue weighted by Gasteiger charge is -2.16. The summed E-state index contributed by atoms with van der Waals surface area (Å²) in [6, 6.07) is 5.35. The molecule has 0 aliphatic heterocycles. The van der Waals surface area contributed by atoms with E-state index in [4.69, 9.17) is 21.1 Å². The van der Waals surface area contributed by atoms with Gasteiger partial charge in [0.05, 0.1) is 30.1 Å². The normalized spacial score (nSPS) is 12.2. The van der Waals surface area contributed by atoms with Gasteiger partial charge < -0.3 is 14.6 Å². The van der Waals surface area contributed by atoms with Gasteiger partial charge in [-0.15, -0.1) is 0 Å². The number of aliphatic hydroxyl groups excluding tert-OH is 1. The number of hydrogen-bond donors (Lipinski definition) is 1. The lowest BCUT2D eigenvalue weighted by Crippen LogP contribution is -2.08. The number of benzene rings is 1. The van der Waals surface area contributed by atoms with Crippen molar-refractivity contribution >= 4 is 11.6 Å². The van der Waals surface area contributed by atoms with Gasteiger partial charge in [0.1, 0.15) is 6.10 Å². The van der Waals surface area contributed by atoms with Crippen molar-refractivity contribution in [3.8, 4) is 11.5 Å². The summed E-state index contributed by atoms with van der Waals surface area (Å²) in [5.41, 5.74) is 1.22. The van der Waals surface area contributed by atoms with E-state index < -0.39 is 6.10 Å². The molecule has 2 aromatic rings. The predicted molar refractivity (Wildman–Crippen MR) is 81.1 cm³/mol. The lowest BCUT2D eigenvalue weighted by atomic mass is 10.1. The maximum absolute atomic E-state index is 10.5. The van der Waals surface area contributed by atoms with Crippen molar-refractivity contribution in [2.75, 3.05) is 13.2 Å². The summed E-state index contributed by atoms with van der Waals surface area (Å²) < 4.78 is 12.6. The summed E-state index contributed by atoms with van der Waals surface area (Å²) in [7, 11) is 1.74. The molecular weight excluding hydrogens is 292 g/mol. The molecule has 0 saturated heterocycles. The van der Waals surface area contributed by atoms with E-state index in [1.807, 2.05) is 13.8 Å². The summed E-state index contributed by atoms with van der Waals surface area (Å²) in [6.45, 7) is 4.88. The summed E-state index contributed by atoms with van der Waals surface area (Å²) in [4.78, 5) is 0. The first-order valence-corrected chi connectivity index (χ1v) is 7.21. The van der Waals surface area contributed by atoms with Crippen LogP contribution in [0.5, 0.6) is 11.5 Å². The van der Waals surface area contributed by atoms with E-state index in [9.17, 15) is 5.11 Å². The highest BCUT2D eigenvalue weighted by Gasteiger charge is 2.20. The van der Waals surface area contributed by atoms with Gasteiger partial charge in [-0.1, -0.05) is 17.7 Å². The standard InChI is InChI=1S/C15H19ClN2O3/c1-4-20-12-7-6-10(8-13(12)21-5-2)15(19)14-11(16)9-17-18(14)3/h6-9,15,19H,4-5H2,1-3H3. The summed E-state index contributed by atoms with van der Waals surface area (Å²) in [6.07, 6.45) is 0.637. The Balaban J connectivity index is 2.37. The molecule has 1 atom stereocenters. The SMILES string of the molecule is CCOc1ccc(C(O)c2c(Cl)cnn2C)cc1OCC. The van der Waals surface area contributed by atoms with E-state index in [1.54, 1.807) is 29.9 Å². The molecule has 1 aromatic carbocycles. The smallest absolute Gasteiger partial charge is 0.161 e. The Morgan fingerprint density at radius 3 is 2.48 bits per heavy atom. The minimum absolute atomic E-state index is 0.428. The topological polar surface area (TPSA) is 56.5 Å². The van der Waals surface area contributed by atoms with Gasteiger partial charge in [-0.05, 0) is 31.5 Å². The van der Waals surface area contributed by atoms with Crippen LogP contribution in [0.1, 0.15) is 31.2 Å². The van der Waals surface area contributed by atoms with Crippen LogP contribution in [-0.2, 0) is 7.05 Å². The highest BCUT2D eigenvalue weighted by atomic mass is 35.5. The van der Waals surface area contributed by atoms with Gasteiger partial charge in [-0.25, -0.2) is 0 Å². The highest BCUT2D eigenvalue weighted by Crippen LogP contribution is 2.34. The van der Waals surface area contributed by atoms with E-state index in [0.717, 1.165) is 0 Å². The molecule has 6 heteroatoms. The molecule has 0 radical (unpaired) electrons. The second-order valence-electron chi connectivity index (χ2n) is 4.48. The number of halogens is 1. The number of aliphatic hydroxyl groups is 1. The first-order chi connectivity index (χ1) is 10.1. The molecule has 0 saturated carbocycles. The van der Waals surface area contributed by atoms with Gasteiger partial charge in [-0.3, -0.25) is 4.68 Å². The first-order valence-electron chi connectivity index (χ1n) is 6.83. The molecule has 1 aromatic heterocycles. The van der Waals surface area contributed by atoms with Crippen LogP contribution < -0.4 is 9.47 Å². The Hall–Kier alpha value is -1.72. The second kappa shape index (κ2) is 6.83.